The molecule has 1 aromatic carbocycles. The molecule has 0 amide bonds. The molecule has 0 unspecified atom stereocenters. The Hall–Kier alpha value is -0.980. The van der Waals surface area contributed by atoms with Crippen LogP contribution in [0.2, 0.25) is 0 Å². The molecule has 1 aliphatic heterocycles. The van der Waals surface area contributed by atoms with E-state index in [1.165, 1.54) is 12.0 Å². The number of para-hydroxylation sites is 1. The number of fused-ring (bicyclic) bond motifs is 1. The van der Waals surface area contributed by atoms with Gasteiger partial charge in [0.25, 0.3) is 0 Å². The number of hydrogen-bond acceptors (Lipinski definition) is 1. The highest BCUT2D eigenvalue weighted by Gasteiger charge is 2.06. The van der Waals surface area contributed by atoms with E-state index in [1.807, 2.05) is 12.1 Å². The minimum absolute atomic E-state index is 0. The summed E-state index contributed by atoms with van der Waals surface area (Å²) >= 11 is 0. The van der Waals surface area contributed by atoms with Crippen LogP contribution in [-0.2, 0) is 6.42 Å². The third-order valence-electron chi connectivity index (χ3n) is 1.82. The second-order valence-electron chi connectivity index (χ2n) is 5.56. The molecule has 16 heavy (non-hydrogen) atoms. The van der Waals surface area contributed by atoms with Crippen LogP contribution < -0.4 is 4.74 Å². The molecule has 92 valence electrons. The van der Waals surface area contributed by atoms with E-state index in [2.05, 4.69) is 39.8 Å². The Morgan fingerprint density at radius 2 is 1.62 bits per heavy atom. The lowest BCUT2D eigenvalue weighted by Crippen LogP contribution is -2.07. The van der Waals surface area contributed by atoms with Crippen molar-refractivity contribution in [2.45, 2.75) is 48.0 Å². The maximum Gasteiger partial charge on any atom is 0.122 e. The van der Waals surface area contributed by atoms with Crippen LogP contribution in [0.1, 0.15) is 47.1 Å². The summed E-state index contributed by atoms with van der Waals surface area (Å²) in [6.45, 7) is 9.64. The Balaban J connectivity index is 0.000000330. The molecule has 0 saturated carbocycles. The van der Waals surface area contributed by atoms with Crippen molar-refractivity contribution in [1.82, 2.24) is 0 Å². The number of rotatable bonds is 0. The van der Waals surface area contributed by atoms with Gasteiger partial charge >= 0.3 is 0 Å². The number of hydrogen-bond donors (Lipinski definition) is 0. The van der Waals surface area contributed by atoms with E-state index < -0.39 is 0 Å². The zero-order chi connectivity index (χ0) is 11.3. The topological polar surface area (TPSA) is 9.23 Å². The molecular formula is C15H26O. The van der Waals surface area contributed by atoms with Gasteiger partial charge in [-0.15, -0.1) is 0 Å². The summed E-state index contributed by atoms with van der Waals surface area (Å²) in [5, 5.41) is 0. The van der Waals surface area contributed by atoms with Crippen molar-refractivity contribution in [2.75, 3.05) is 6.61 Å². The Bertz CT molecular complexity index is 266. The van der Waals surface area contributed by atoms with Gasteiger partial charge in [0, 0.05) is 0 Å². The van der Waals surface area contributed by atoms with E-state index in [-0.39, 0.29) is 7.43 Å². The monoisotopic (exact) mass is 222 g/mol. The SMILES string of the molecule is C.CC(C)(C)C.c1ccc2c(c1)CCCO2. The fourth-order valence-corrected chi connectivity index (χ4v) is 1.30. The lowest BCUT2D eigenvalue weighted by Gasteiger charge is -2.15. The van der Waals surface area contributed by atoms with Crippen molar-refractivity contribution in [1.29, 1.82) is 0 Å². The van der Waals surface area contributed by atoms with Crippen LogP contribution in [0.25, 0.3) is 0 Å². The molecule has 0 saturated heterocycles. The van der Waals surface area contributed by atoms with E-state index in [9.17, 15) is 0 Å². The molecule has 0 fully saturated rings. The third-order valence-corrected chi connectivity index (χ3v) is 1.82. The Labute approximate surface area is 101 Å². The van der Waals surface area contributed by atoms with Crippen LogP contribution in [0.15, 0.2) is 24.3 Å². The van der Waals surface area contributed by atoms with Gasteiger partial charge in [-0.05, 0) is 29.9 Å². The molecule has 1 aromatic rings. The van der Waals surface area contributed by atoms with Gasteiger partial charge in [-0.2, -0.15) is 0 Å². The summed E-state index contributed by atoms with van der Waals surface area (Å²) in [7, 11) is 0. The highest BCUT2D eigenvalue weighted by Crippen LogP contribution is 2.23. The zero-order valence-corrected chi connectivity index (χ0v) is 10.3. The molecule has 0 aliphatic carbocycles. The highest BCUT2D eigenvalue weighted by atomic mass is 16.5. The number of benzene rings is 1. The Kier molecular flexibility index (Phi) is 6.17. The summed E-state index contributed by atoms with van der Waals surface area (Å²) in [6.07, 6.45) is 2.34. The fourth-order valence-electron chi connectivity index (χ4n) is 1.30. The standard InChI is InChI=1S/C9H10O.C5H12.CH4/c1-2-6-9-8(4-1)5-3-7-10-9;1-5(2,3)4;/h1-2,4,6H,3,5,7H2;1-4H3;1H4. The van der Waals surface area contributed by atoms with Gasteiger partial charge in [0.05, 0.1) is 6.61 Å². The summed E-state index contributed by atoms with van der Waals surface area (Å²) in [5.41, 5.74) is 1.86. The van der Waals surface area contributed by atoms with Crippen molar-refractivity contribution in [3.05, 3.63) is 29.8 Å². The van der Waals surface area contributed by atoms with Crippen LogP contribution in [0.3, 0.4) is 0 Å². The maximum absolute atomic E-state index is 5.42. The molecule has 0 bridgehead atoms. The second kappa shape index (κ2) is 6.57. The van der Waals surface area contributed by atoms with Crippen LogP contribution in [0, 0.1) is 5.41 Å². The smallest absolute Gasteiger partial charge is 0.122 e. The van der Waals surface area contributed by atoms with Gasteiger partial charge in [-0.3, -0.25) is 0 Å². The zero-order valence-electron chi connectivity index (χ0n) is 10.3. The number of aryl methyl sites for hydroxylation is 1. The minimum atomic E-state index is 0. The average Bonchev–Trinajstić information content (AvgIpc) is 2.16. The summed E-state index contributed by atoms with van der Waals surface area (Å²) < 4.78 is 5.42. The summed E-state index contributed by atoms with van der Waals surface area (Å²) in [4.78, 5) is 0. The molecule has 0 N–H and O–H groups in total. The fraction of sp³-hybridized carbons (Fsp3) is 0.600. The lowest BCUT2D eigenvalue weighted by molar-refractivity contribution is 0.288. The van der Waals surface area contributed by atoms with Crippen LogP contribution >= 0.6 is 0 Å². The van der Waals surface area contributed by atoms with E-state index in [0.29, 0.717) is 5.41 Å². The lowest BCUT2D eigenvalue weighted by atomic mass is 10.0. The second-order valence-corrected chi connectivity index (χ2v) is 5.56. The normalized spacial score (nSPS) is 13.5. The van der Waals surface area contributed by atoms with E-state index >= 15 is 0 Å². The van der Waals surface area contributed by atoms with E-state index in [4.69, 9.17) is 4.74 Å². The first-order valence-electron chi connectivity index (χ1n) is 5.67. The maximum atomic E-state index is 5.42. The predicted molar refractivity (Wildman–Crippen MR) is 72.1 cm³/mol. The van der Waals surface area contributed by atoms with Crippen molar-refractivity contribution < 1.29 is 4.74 Å². The highest BCUT2D eigenvalue weighted by molar-refractivity contribution is 5.34. The van der Waals surface area contributed by atoms with E-state index in [1.54, 1.807) is 0 Å². The molecule has 0 atom stereocenters. The molecular weight excluding hydrogens is 196 g/mol. The first kappa shape index (κ1) is 15.0. The van der Waals surface area contributed by atoms with Crippen molar-refractivity contribution in [3.8, 4) is 5.75 Å². The first-order valence-corrected chi connectivity index (χ1v) is 5.67. The predicted octanol–water partition coefficient (Wildman–Crippen LogP) is 4.70. The largest absolute Gasteiger partial charge is 0.493 e. The van der Waals surface area contributed by atoms with Crippen LogP contribution in [0.4, 0.5) is 0 Å². The molecule has 0 aromatic heterocycles. The van der Waals surface area contributed by atoms with Gasteiger partial charge in [-0.1, -0.05) is 53.3 Å². The Morgan fingerprint density at radius 1 is 1.06 bits per heavy atom. The number of ether oxygens (including phenoxy) is 1. The van der Waals surface area contributed by atoms with Crippen LogP contribution in [0.5, 0.6) is 5.75 Å². The van der Waals surface area contributed by atoms with Crippen molar-refractivity contribution in [2.24, 2.45) is 5.41 Å². The molecule has 2 rings (SSSR count). The molecule has 1 nitrogen and oxygen atoms in total. The van der Waals surface area contributed by atoms with Gasteiger partial charge in [0.1, 0.15) is 5.75 Å². The van der Waals surface area contributed by atoms with E-state index in [0.717, 1.165) is 18.8 Å². The first-order chi connectivity index (χ1) is 6.97. The van der Waals surface area contributed by atoms with Gasteiger partial charge in [0.2, 0.25) is 0 Å². The Morgan fingerprint density at radius 3 is 2.19 bits per heavy atom. The quantitative estimate of drug-likeness (QED) is 0.618. The molecule has 0 radical (unpaired) electrons. The van der Waals surface area contributed by atoms with Crippen LogP contribution in [-0.4, -0.2) is 6.61 Å². The molecule has 1 heterocycles. The van der Waals surface area contributed by atoms with Gasteiger partial charge in [-0.25, -0.2) is 0 Å². The van der Waals surface area contributed by atoms with Gasteiger partial charge < -0.3 is 4.74 Å². The van der Waals surface area contributed by atoms with Crippen molar-refractivity contribution in [3.63, 3.8) is 0 Å². The minimum Gasteiger partial charge on any atom is -0.493 e. The summed E-state index contributed by atoms with van der Waals surface area (Å²) in [5.74, 6) is 1.08. The average molecular weight is 222 g/mol. The van der Waals surface area contributed by atoms with Gasteiger partial charge in [0.15, 0.2) is 0 Å². The molecule has 1 heteroatoms. The molecule has 1 aliphatic rings. The summed E-state index contributed by atoms with van der Waals surface area (Å²) in [6, 6.07) is 8.25. The van der Waals surface area contributed by atoms with Crippen molar-refractivity contribution >= 4 is 0 Å². The molecule has 0 spiro atoms. The third kappa shape index (κ3) is 6.49.